The highest BCUT2D eigenvalue weighted by molar-refractivity contribution is 7.88. The van der Waals surface area contributed by atoms with Gasteiger partial charge in [0.1, 0.15) is 12.2 Å². The summed E-state index contributed by atoms with van der Waals surface area (Å²) in [5.74, 6) is 0.721. The summed E-state index contributed by atoms with van der Waals surface area (Å²) in [5.41, 5.74) is 0. The van der Waals surface area contributed by atoms with Crippen molar-refractivity contribution in [3.05, 3.63) is 11.8 Å². The van der Waals surface area contributed by atoms with E-state index < -0.39 is 16.1 Å². The Labute approximate surface area is 148 Å². The van der Waals surface area contributed by atoms with Crippen LogP contribution in [0.1, 0.15) is 69.4 Å². The molecule has 1 aromatic heterocycles. The van der Waals surface area contributed by atoms with E-state index >= 15 is 0 Å². The Morgan fingerprint density at radius 3 is 2.60 bits per heavy atom. The molecule has 0 spiro atoms. The number of sulfonamides is 1. The smallest absolute Gasteiger partial charge is 0.246 e. The number of hydrogen-bond donors (Lipinski definition) is 0. The van der Waals surface area contributed by atoms with Crippen LogP contribution in [0.5, 0.6) is 0 Å². The molecule has 2 fully saturated rings. The van der Waals surface area contributed by atoms with E-state index in [-0.39, 0.29) is 18.8 Å². The summed E-state index contributed by atoms with van der Waals surface area (Å²) in [6, 6.07) is 0. The van der Waals surface area contributed by atoms with Gasteiger partial charge in [-0.1, -0.05) is 25.7 Å². The van der Waals surface area contributed by atoms with Crippen molar-refractivity contribution in [1.82, 2.24) is 14.5 Å². The maximum Gasteiger partial charge on any atom is 0.246 e. The number of aromatic nitrogens is 2. The molecule has 2 atom stereocenters. The summed E-state index contributed by atoms with van der Waals surface area (Å²) < 4.78 is 42.2. The Balaban J connectivity index is 1.61. The Morgan fingerprint density at radius 1 is 1.20 bits per heavy atom. The van der Waals surface area contributed by atoms with Gasteiger partial charge in [-0.2, -0.15) is 4.31 Å². The molecule has 1 aliphatic carbocycles. The third-order valence-electron chi connectivity index (χ3n) is 4.78. The maximum atomic E-state index is 11.7. The minimum atomic E-state index is -3.26. The zero-order valence-corrected chi connectivity index (χ0v) is 15.7. The average molecular weight is 373 g/mol. The van der Waals surface area contributed by atoms with Gasteiger partial charge in [-0.15, -0.1) is 10.2 Å². The van der Waals surface area contributed by atoms with Crippen LogP contribution in [0, 0.1) is 0 Å². The second kappa shape index (κ2) is 8.11. The van der Waals surface area contributed by atoms with E-state index in [0.29, 0.717) is 24.9 Å². The molecule has 0 aromatic carbocycles. The second-order valence-corrected chi connectivity index (χ2v) is 8.83. The first-order chi connectivity index (χ1) is 11.9. The molecule has 1 aromatic rings. The van der Waals surface area contributed by atoms with Gasteiger partial charge in [0.2, 0.25) is 21.8 Å². The van der Waals surface area contributed by atoms with E-state index in [1.165, 1.54) is 36.2 Å². The van der Waals surface area contributed by atoms with Gasteiger partial charge >= 0.3 is 0 Å². The Hall–Kier alpha value is -1.03. The van der Waals surface area contributed by atoms with Gasteiger partial charge in [0.05, 0.1) is 19.0 Å². The van der Waals surface area contributed by atoms with Gasteiger partial charge in [0.15, 0.2) is 0 Å². The normalized spacial score (nSPS) is 25.6. The van der Waals surface area contributed by atoms with Crippen LogP contribution in [0.2, 0.25) is 0 Å². The van der Waals surface area contributed by atoms with Crippen LogP contribution >= 0.6 is 0 Å². The van der Waals surface area contributed by atoms with Crippen LogP contribution in [0.3, 0.4) is 0 Å². The van der Waals surface area contributed by atoms with Crippen LogP contribution in [0.4, 0.5) is 0 Å². The fourth-order valence-electron chi connectivity index (χ4n) is 3.34. The van der Waals surface area contributed by atoms with Gasteiger partial charge in [-0.25, -0.2) is 8.42 Å². The fourth-order valence-corrected chi connectivity index (χ4v) is 4.15. The molecule has 142 valence electrons. The molecule has 2 heterocycles. The lowest BCUT2D eigenvalue weighted by molar-refractivity contribution is -0.0332. The minimum absolute atomic E-state index is 0.193. The minimum Gasteiger partial charge on any atom is -0.420 e. The van der Waals surface area contributed by atoms with Crippen LogP contribution < -0.4 is 0 Å². The molecule has 0 N–H and O–H groups in total. The molecular formula is C16H27N3O5S. The van der Waals surface area contributed by atoms with E-state index in [1.807, 2.05) is 6.92 Å². The Morgan fingerprint density at radius 2 is 1.92 bits per heavy atom. The molecule has 0 radical (unpaired) electrons. The fraction of sp³-hybridized carbons (Fsp3) is 0.875. The average Bonchev–Trinajstić information content (AvgIpc) is 2.94. The predicted molar refractivity (Wildman–Crippen MR) is 90.4 cm³/mol. The molecule has 2 unspecified atom stereocenters. The van der Waals surface area contributed by atoms with Crippen molar-refractivity contribution < 1.29 is 22.3 Å². The SMILES string of the molecule is CC(OC1CCCCCC1)c1nnc(C2CN(S(C)(=O)=O)CCO2)o1. The number of rotatable bonds is 5. The summed E-state index contributed by atoms with van der Waals surface area (Å²) in [5, 5.41) is 8.12. The third kappa shape index (κ3) is 4.99. The number of nitrogens with zero attached hydrogens (tertiary/aromatic N) is 3. The summed E-state index contributed by atoms with van der Waals surface area (Å²) >= 11 is 0. The summed E-state index contributed by atoms with van der Waals surface area (Å²) in [4.78, 5) is 0. The standard InChI is InChI=1S/C16H27N3O5S/c1-12(23-13-7-5-3-4-6-8-13)15-17-18-16(24-15)14-11-19(9-10-22-14)25(2,20)21/h12-14H,3-11H2,1-2H3. The Bertz CT molecular complexity index is 654. The van der Waals surface area contributed by atoms with Crippen LogP contribution in [-0.4, -0.2) is 55.0 Å². The molecule has 0 amide bonds. The number of morpholine rings is 1. The first-order valence-corrected chi connectivity index (χ1v) is 10.8. The third-order valence-corrected chi connectivity index (χ3v) is 6.05. The highest BCUT2D eigenvalue weighted by Gasteiger charge is 2.31. The molecule has 8 nitrogen and oxygen atoms in total. The molecule has 9 heteroatoms. The van der Waals surface area contributed by atoms with E-state index in [9.17, 15) is 8.42 Å². The predicted octanol–water partition coefficient (Wildman–Crippen LogP) is 2.20. The van der Waals surface area contributed by atoms with Gasteiger partial charge in [-0.3, -0.25) is 0 Å². The van der Waals surface area contributed by atoms with Gasteiger partial charge < -0.3 is 13.9 Å². The van der Waals surface area contributed by atoms with Crippen LogP contribution in [0.25, 0.3) is 0 Å². The lowest BCUT2D eigenvalue weighted by Gasteiger charge is -2.29. The molecule has 2 aliphatic rings. The van der Waals surface area contributed by atoms with Gasteiger partial charge in [0, 0.05) is 13.1 Å². The lowest BCUT2D eigenvalue weighted by Crippen LogP contribution is -2.41. The lowest BCUT2D eigenvalue weighted by atomic mass is 10.1. The van der Waals surface area contributed by atoms with E-state index in [0.717, 1.165) is 12.8 Å². The second-order valence-electron chi connectivity index (χ2n) is 6.85. The monoisotopic (exact) mass is 373 g/mol. The molecule has 3 rings (SSSR count). The van der Waals surface area contributed by atoms with Gasteiger partial charge in [-0.05, 0) is 19.8 Å². The van der Waals surface area contributed by atoms with Crippen molar-refractivity contribution in [2.75, 3.05) is 26.0 Å². The van der Waals surface area contributed by atoms with Crippen molar-refractivity contribution >= 4 is 10.0 Å². The van der Waals surface area contributed by atoms with Crippen molar-refractivity contribution in [2.45, 2.75) is 63.8 Å². The van der Waals surface area contributed by atoms with Crippen molar-refractivity contribution in [3.63, 3.8) is 0 Å². The van der Waals surface area contributed by atoms with E-state index in [1.54, 1.807) is 0 Å². The molecule has 1 aliphatic heterocycles. The van der Waals surface area contributed by atoms with Gasteiger partial charge in [0.25, 0.3) is 0 Å². The topological polar surface area (TPSA) is 94.8 Å². The van der Waals surface area contributed by atoms with E-state index in [2.05, 4.69) is 10.2 Å². The largest absolute Gasteiger partial charge is 0.420 e. The zero-order valence-electron chi connectivity index (χ0n) is 14.9. The molecule has 1 saturated heterocycles. The van der Waals surface area contributed by atoms with Crippen molar-refractivity contribution in [3.8, 4) is 0 Å². The molecule has 25 heavy (non-hydrogen) atoms. The van der Waals surface area contributed by atoms with Crippen molar-refractivity contribution in [1.29, 1.82) is 0 Å². The van der Waals surface area contributed by atoms with Crippen LogP contribution in [0.15, 0.2) is 4.42 Å². The highest BCUT2D eigenvalue weighted by Crippen LogP contribution is 2.28. The molecule has 0 bridgehead atoms. The maximum absolute atomic E-state index is 11.7. The quantitative estimate of drug-likeness (QED) is 0.730. The van der Waals surface area contributed by atoms with E-state index in [4.69, 9.17) is 13.9 Å². The zero-order chi connectivity index (χ0) is 17.9. The number of hydrogen-bond acceptors (Lipinski definition) is 7. The Kier molecular flexibility index (Phi) is 6.08. The summed E-state index contributed by atoms with van der Waals surface area (Å²) in [7, 11) is -3.26. The summed E-state index contributed by atoms with van der Waals surface area (Å²) in [6.07, 6.45) is 7.70. The highest BCUT2D eigenvalue weighted by atomic mass is 32.2. The van der Waals surface area contributed by atoms with Crippen molar-refractivity contribution in [2.24, 2.45) is 0 Å². The number of ether oxygens (including phenoxy) is 2. The first-order valence-electron chi connectivity index (χ1n) is 8.99. The molecular weight excluding hydrogens is 346 g/mol. The van der Waals surface area contributed by atoms with Crippen LogP contribution in [-0.2, 0) is 19.5 Å². The first kappa shape index (κ1) is 18.8. The summed E-state index contributed by atoms with van der Waals surface area (Å²) in [6.45, 7) is 2.76. The molecule has 1 saturated carbocycles.